The van der Waals surface area contributed by atoms with Crippen molar-refractivity contribution in [3.8, 4) is 0 Å². The Morgan fingerprint density at radius 2 is 1.75 bits per heavy atom. The molecule has 5 nitrogen and oxygen atoms in total. The number of fused-ring (bicyclic) bond motifs is 1. The van der Waals surface area contributed by atoms with E-state index in [1.54, 1.807) is 19.1 Å². The summed E-state index contributed by atoms with van der Waals surface area (Å²) in [4.78, 5) is 32.3. The minimum atomic E-state index is -0.823. The molecule has 0 saturated carbocycles. The van der Waals surface area contributed by atoms with Crippen molar-refractivity contribution in [2.24, 2.45) is 4.99 Å². The first kappa shape index (κ1) is 23.6. The lowest BCUT2D eigenvalue weighted by Gasteiger charge is -2.25. The number of ether oxygens (including phenoxy) is 1. The highest BCUT2D eigenvalue weighted by Gasteiger charge is 2.35. The van der Waals surface area contributed by atoms with E-state index < -0.39 is 17.8 Å². The molecule has 7 heteroatoms. The SMILES string of the molecule is CCOC(=O)C1=C(c2ccccc2)N=c2s/c(=C\c3ccc(C)cc3)c(=O)n2C1c1ccc(F)cc1. The Labute approximate surface area is 211 Å². The molecule has 2 heterocycles. The van der Waals surface area contributed by atoms with Gasteiger partial charge in [-0.05, 0) is 43.2 Å². The molecule has 5 rings (SSSR count). The first-order valence-electron chi connectivity index (χ1n) is 11.6. The van der Waals surface area contributed by atoms with Gasteiger partial charge in [0.15, 0.2) is 4.80 Å². The van der Waals surface area contributed by atoms with Crippen molar-refractivity contribution in [2.45, 2.75) is 19.9 Å². The van der Waals surface area contributed by atoms with E-state index in [9.17, 15) is 14.0 Å². The molecule has 1 unspecified atom stereocenters. The van der Waals surface area contributed by atoms with Crippen LogP contribution in [0.2, 0.25) is 0 Å². The van der Waals surface area contributed by atoms with Gasteiger partial charge in [-0.2, -0.15) is 0 Å². The fourth-order valence-corrected chi connectivity index (χ4v) is 5.22. The number of carbonyl (C=O) groups is 1. The number of rotatable bonds is 5. The summed E-state index contributed by atoms with van der Waals surface area (Å²) in [6.45, 7) is 3.89. The van der Waals surface area contributed by atoms with Gasteiger partial charge in [0.25, 0.3) is 5.56 Å². The lowest BCUT2D eigenvalue weighted by Crippen LogP contribution is -2.40. The Morgan fingerprint density at radius 1 is 1.06 bits per heavy atom. The molecule has 1 aliphatic heterocycles. The largest absolute Gasteiger partial charge is 0.463 e. The van der Waals surface area contributed by atoms with Crippen molar-refractivity contribution >= 4 is 29.1 Å². The van der Waals surface area contributed by atoms with Crippen LogP contribution in [0.25, 0.3) is 11.8 Å². The highest BCUT2D eigenvalue weighted by molar-refractivity contribution is 7.07. The van der Waals surface area contributed by atoms with E-state index in [4.69, 9.17) is 9.73 Å². The third-order valence-corrected chi connectivity index (χ3v) is 6.92. The standard InChI is InChI=1S/C29H23FN2O3S/c1-3-35-28(34)24-25(20-7-5-4-6-8-20)31-29-32(26(24)21-13-15-22(30)16-14-21)27(33)23(36-29)17-19-11-9-18(2)10-12-19/h4-17,26H,3H2,1-2H3/b23-17-. The summed E-state index contributed by atoms with van der Waals surface area (Å²) in [5.74, 6) is -0.974. The highest BCUT2D eigenvalue weighted by atomic mass is 32.1. The van der Waals surface area contributed by atoms with E-state index in [1.807, 2.05) is 67.6 Å². The number of hydrogen-bond donors (Lipinski definition) is 0. The first-order valence-corrected chi connectivity index (χ1v) is 12.4. The van der Waals surface area contributed by atoms with Crippen molar-refractivity contribution in [3.63, 3.8) is 0 Å². The first-order chi connectivity index (χ1) is 17.5. The third-order valence-electron chi connectivity index (χ3n) is 5.93. The lowest BCUT2D eigenvalue weighted by molar-refractivity contribution is -0.138. The number of halogens is 1. The number of thiazole rings is 1. The summed E-state index contributed by atoms with van der Waals surface area (Å²) in [6, 6.07) is 22.2. The molecule has 0 spiro atoms. The number of aromatic nitrogens is 1. The number of hydrogen-bond acceptors (Lipinski definition) is 5. The van der Waals surface area contributed by atoms with E-state index in [2.05, 4.69) is 0 Å². The van der Waals surface area contributed by atoms with Gasteiger partial charge in [-0.1, -0.05) is 83.6 Å². The van der Waals surface area contributed by atoms with E-state index in [0.29, 0.717) is 20.6 Å². The maximum absolute atomic E-state index is 13.8. The Bertz CT molecular complexity index is 1630. The van der Waals surface area contributed by atoms with Crippen LogP contribution >= 0.6 is 11.3 Å². The maximum atomic E-state index is 13.8. The van der Waals surface area contributed by atoms with Crippen LogP contribution in [0, 0.1) is 12.7 Å². The molecule has 4 aromatic rings. The van der Waals surface area contributed by atoms with Gasteiger partial charge in [0.05, 0.1) is 28.5 Å². The van der Waals surface area contributed by atoms with Gasteiger partial charge < -0.3 is 4.74 Å². The maximum Gasteiger partial charge on any atom is 0.338 e. The molecule has 0 aliphatic carbocycles. The normalized spacial score (nSPS) is 15.4. The van der Waals surface area contributed by atoms with Gasteiger partial charge in [-0.25, -0.2) is 14.2 Å². The quantitative estimate of drug-likeness (QED) is 0.384. The summed E-state index contributed by atoms with van der Waals surface area (Å²) < 4.78 is 21.3. The Hall–Kier alpha value is -4.10. The summed E-state index contributed by atoms with van der Waals surface area (Å²) >= 11 is 1.26. The molecule has 0 N–H and O–H groups in total. The van der Waals surface area contributed by atoms with Gasteiger partial charge in [0.1, 0.15) is 5.82 Å². The number of nitrogens with zero attached hydrogens (tertiary/aromatic N) is 2. The van der Waals surface area contributed by atoms with E-state index in [0.717, 1.165) is 16.7 Å². The predicted molar refractivity (Wildman–Crippen MR) is 139 cm³/mol. The van der Waals surface area contributed by atoms with E-state index in [1.165, 1.54) is 28.0 Å². The molecule has 0 amide bonds. The van der Waals surface area contributed by atoms with Crippen LogP contribution in [-0.4, -0.2) is 17.1 Å². The average molecular weight is 499 g/mol. The smallest absolute Gasteiger partial charge is 0.338 e. The van der Waals surface area contributed by atoms with Crippen molar-refractivity contribution in [2.75, 3.05) is 6.61 Å². The van der Waals surface area contributed by atoms with Crippen molar-refractivity contribution in [1.29, 1.82) is 0 Å². The molecular formula is C29H23FN2O3S. The molecule has 0 bridgehead atoms. The topological polar surface area (TPSA) is 60.7 Å². The van der Waals surface area contributed by atoms with Crippen molar-refractivity contribution < 1.29 is 13.9 Å². The fourth-order valence-electron chi connectivity index (χ4n) is 4.21. The fraction of sp³-hybridized carbons (Fsp3) is 0.138. The zero-order valence-corrected chi connectivity index (χ0v) is 20.6. The number of esters is 1. The second-order valence-corrected chi connectivity index (χ2v) is 9.40. The lowest BCUT2D eigenvalue weighted by atomic mass is 9.93. The number of benzene rings is 3. The second kappa shape index (κ2) is 9.87. The van der Waals surface area contributed by atoms with Crippen LogP contribution in [0.4, 0.5) is 4.39 Å². The van der Waals surface area contributed by atoms with Gasteiger partial charge in [0, 0.05) is 5.56 Å². The summed E-state index contributed by atoms with van der Waals surface area (Å²) in [6.07, 6.45) is 1.82. The summed E-state index contributed by atoms with van der Waals surface area (Å²) in [5, 5.41) is 0. The monoisotopic (exact) mass is 498 g/mol. The minimum Gasteiger partial charge on any atom is -0.463 e. The summed E-state index contributed by atoms with van der Waals surface area (Å²) in [5.41, 5.74) is 3.72. The van der Waals surface area contributed by atoms with Crippen molar-refractivity contribution in [3.05, 3.63) is 132 Å². The van der Waals surface area contributed by atoms with Crippen molar-refractivity contribution in [1.82, 2.24) is 4.57 Å². The average Bonchev–Trinajstić information content (AvgIpc) is 3.20. The molecule has 1 atom stereocenters. The minimum absolute atomic E-state index is 0.165. The van der Waals surface area contributed by atoms with Gasteiger partial charge >= 0.3 is 5.97 Å². The second-order valence-electron chi connectivity index (χ2n) is 8.39. The van der Waals surface area contributed by atoms with Gasteiger partial charge in [0.2, 0.25) is 0 Å². The van der Waals surface area contributed by atoms with Crippen LogP contribution in [-0.2, 0) is 9.53 Å². The van der Waals surface area contributed by atoms with Crippen LogP contribution in [0.5, 0.6) is 0 Å². The molecule has 1 aliphatic rings. The highest BCUT2D eigenvalue weighted by Crippen LogP contribution is 2.35. The number of carbonyl (C=O) groups excluding carboxylic acids is 1. The zero-order valence-electron chi connectivity index (χ0n) is 19.8. The van der Waals surface area contributed by atoms with E-state index in [-0.39, 0.29) is 17.7 Å². The molecule has 0 radical (unpaired) electrons. The zero-order chi connectivity index (χ0) is 25.2. The molecule has 36 heavy (non-hydrogen) atoms. The number of aryl methyl sites for hydroxylation is 1. The van der Waals surface area contributed by atoms with Crippen LogP contribution in [0.3, 0.4) is 0 Å². The van der Waals surface area contributed by atoms with Gasteiger partial charge in [-0.3, -0.25) is 9.36 Å². The molecule has 180 valence electrons. The van der Waals surface area contributed by atoms with Crippen LogP contribution in [0.15, 0.2) is 94.2 Å². The molecular weight excluding hydrogens is 475 g/mol. The van der Waals surface area contributed by atoms with Crippen LogP contribution in [0.1, 0.15) is 35.2 Å². The van der Waals surface area contributed by atoms with Crippen LogP contribution < -0.4 is 14.9 Å². The van der Waals surface area contributed by atoms with E-state index >= 15 is 0 Å². The molecule has 3 aromatic carbocycles. The molecule has 0 saturated heterocycles. The summed E-state index contributed by atoms with van der Waals surface area (Å²) in [7, 11) is 0. The molecule has 0 fully saturated rings. The Kier molecular flexibility index (Phi) is 6.48. The predicted octanol–water partition coefficient (Wildman–Crippen LogP) is 4.38. The Balaban J connectivity index is 1.82. The molecule has 1 aromatic heterocycles. The van der Waals surface area contributed by atoms with Gasteiger partial charge in [-0.15, -0.1) is 0 Å². The third kappa shape index (κ3) is 4.45. The Morgan fingerprint density at radius 3 is 2.42 bits per heavy atom.